The Morgan fingerprint density at radius 2 is 2.11 bits per heavy atom. The van der Waals surface area contributed by atoms with Gasteiger partial charge in [0.1, 0.15) is 28.4 Å². The first-order valence-corrected chi connectivity index (χ1v) is 10.4. The molecule has 8 nitrogen and oxygen atoms in total. The van der Waals surface area contributed by atoms with Crippen molar-refractivity contribution in [3.63, 3.8) is 0 Å². The third-order valence-corrected chi connectivity index (χ3v) is 7.07. The second-order valence-electron chi connectivity index (χ2n) is 6.85. The Morgan fingerprint density at radius 3 is 2.89 bits per heavy atom. The molecule has 0 amide bonds. The maximum absolute atomic E-state index is 12.7. The number of methoxy groups -OCH3 is 1. The number of ether oxygens (including phenoxy) is 1. The zero-order valence-corrected chi connectivity index (χ0v) is 16.0. The molecule has 4 rings (SSSR count). The molecular weight excluding hydrogens is 366 g/mol. The van der Waals surface area contributed by atoms with Gasteiger partial charge in [0.25, 0.3) is 0 Å². The van der Waals surface area contributed by atoms with E-state index < -0.39 is 9.84 Å². The number of pyridine rings is 1. The number of aromatic nitrogens is 4. The number of hydrogen-bond donors (Lipinski definition) is 1. The van der Waals surface area contributed by atoms with E-state index in [0.717, 1.165) is 29.7 Å². The standard InChI is InChI=1S/C18H21N5O3S/c1-23(18-14-3-6-20-17(14)21-11-22-18)13-7-12(8-13)10-27(24,25)16-9-19-5-4-15(16)26-2/h3-6,9,11-13H,7-8,10H2,1-2H3,(H,20,21,22). The number of nitrogens with zero attached hydrogens (tertiary/aromatic N) is 4. The van der Waals surface area contributed by atoms with E-state index in [4.69, 9.17) is 4.74 Å². The molecular formula is C18H21N5O3S. The normalized spacial score (nSPS) is 19.6. The largest absolute Gasteiger partial charge is 0.495 e. The predicted octanol–water partition coefficient (Wildman–Crippen LogP) is 2.05. The minimum Gasteiger partial charge on any atom is -0.495 e. The monoisotopic (exact) mass is 387 g/mol. The van der Waals surface area contributed by atoms with Gasteiger partial charge in [0.2, 0.25) is 0 Å². The number of fused-ring (bicyclic) bond motifs is 1. The summed E-state index contributed by atoms with van der Waals surface area (Å²) in [6, 6.07) is 3.78. The Bertz CT molecular complexity index is 1060. The summed E-state index contributed by atoms with van der Waals surface area (Å²) in [5, 5.41) is 0.969. The fraction of sp³-hybridized carbons (Fsp3) is 0.389. The van der Waals surface area contributed by atoms with E-state index in [-0.39, 0.29) is 22.6 Å². The van der Waals surface area contributed by atoms with E-state index in [1.54, 1.807) is 12.4 Å². The molecule has 0 saturated heterocycles. The summed E-state index contributed by atoms with van der Waals surface area (Å²) in [7, 11) is 0.0195. The summed E-state index contributed by atoms with van der Waals surface area (Å²) in [4.78, 5) is 17.9. The maximum Gasteiger partial charge on any atom is 0.183 e. The SMILES string of the molecule is COc1ccncc1S(=O)(=O)CC1CC(N(C)c2ncnc3[nH]ccc23)C1. The number of nitrogens with one attached hydrogen (secondary N) is 1. The Hall–Kier alpha value is -2.68. The quantitative estimate of drug-likeness (QED) is 0.691. The van der Waals surface area contributed by atoms with Crippen LogP contribution in [0.1, 0.15) is 12.8 Å². The van der Waals surface area contributed by atoms with Gasteiger partial charge in [-0.25, -0.2) is 18.4 Å². The van der Waals surface area contributed by atoms with Crippen LogP contribution in [-0.4, -0.2) is 54.3 Å². The number of hydrogen-bond acceptors (Lipinski definition) is 7. The van der Waals surface area contributed by atoms with Crippen molar-refractivity contribution >= 4 is 26.7 Å². The van der Waals surface area contributed by atoms with E-state index in [1.165, 1.54) is 19.5 Å². The number of sulfone groups is 1. The summed E-state index contributed by atoms with van der Waals surface area (Å²) < 4.78 is 30.7. The van der Waals surface area contributed by atoms with Crippen molar-refractivity contribution in [2.24, 2.45) is 5.92 Å². The highest BCUT2D eigenvalue weighted by Gasteiger charge is 2.37. The van der Waals surface area contributed by atoms with Crippen LogP contribution in [0.2, 0.25) is 0 Å². The molecule has 142 valence electrons. The van der Waals surface area contributed by atoms with Gasteiger partial charge in [-0.15, -0.1) is 0 Å². The number of H-pyrrole nitrogens is 1. The van der Waals surface area contributed by atoms with Gasteiger partial charge in [-0.3, -0.25) is 4.98 Å². The van der Waals surface area contributed by atoms with Gasteiger partial charge in [0.05, 0.1) is 18.2 Å². The molecule has 0 atom stereocenters. The number of aromatic amines is 1. The Labute approximate surface area is 157 Å². The van der Waals surface area contributed by atoms with Crippen molar-refractivity contribution < 1.29 is 13.2 Å². The predicted molar refractivity (Wildman–Crippen MR) is 102 cm³/mol. The Balaban J connectivity index is 1.44. The minimum atomic E-state index is -3.44. The van der Waals surface area contributed by atoms with Crippen LogP contribution in [0.3, 0.4) is 0 Å². The molecule has 1 saturated carbocycles. The summed E-state index contributed by atoms with van der Waals surface area (Å²) in [5.41, 5.74) is 0.800. The molecule has 3 heterocycles. The number of anilines is 1. The second-order valence-corrected chi connectivity index (χ2v) is 8.85. The van der Waals surface area contributed by atoms with Gasteiger partial charge in [-0.2, -0.15) is 0 Å². The molecule has 27 heavy (non-hydrogen) atoms. The molecule has 0 radical (unpaired) electrons. The summed E-state index contributed by atoms with van der Waals surface area (Å²) in [6.07, 6.45) is 7.87. The van der Waals surface area contributed by atoms with Crippen LogP contribution in [0.5, 0.6) is 5.75 Å². The first-order valence-electron chi connectivity index (χ1n) is 8.71. The molecule has 3 aromatic rings. The lowest BCUT2D eigenvalue weighted by molar-refractivity contribution is 0.282. The zero-order chi connectivity index (χ0) is 19.0. The van der Waals surface area contributed by atoms with Crippen molar-refractivity contribution in [1.82, 2.24) is 19.9 Å². The fourth-order valence-corrected chi connectivity index (χ4v) is 5.39. The van der Waals surface area contributed by atoms with Crippen LogP contribution in [0, 0.1) is 5.92 Å². The van der Waals surface area contributed by atoms with Gasteiger partial charge in [-0.1, -0.05) is 0 Å². The average Bonchev–Trinajstić information content (AvgIpc) is 3.12. The highest BCUT2D eigenvalue weighted by atomic mass is 32.2. The van der Waals surface area contributed by atoms with Crippen LogP contribution in [0.25, 0.3) is 11.0 Å². The highest BCUT2D eigenvalue weighted by Crippen LogP contribution is 2.37. The van der Waals surface area contributed by atoms with E-state index in [2.05, 4.69) is 24.8 Å². The minimum absolute atomic E-state index is 0.0999. The van der Waals surface area contributed by atoms with E-state index in [1.807, 2.05) is 19.3 Å². The molecule has 1 aliphatic carbocycles. The first-order chi connectivity index (χ1) is 13.0. The van der Waals surface area contributed by atoms with Crippen molar-refractivity contribution in [3.05, 3.63) is 37.1 Å². The van der Waals surface area contributed by atoms with Gasteiger partial charge in [-0.05, 0) is 30.9 Å². The second kappa shape index (κ2) is 6.80. The fourth-order valence-electron chi connectivity index (χ4n) is 3.64. The molecule has 0 unspecified atom stereocenters. The zero-order valence-electron chi connectivity index (χ0n) is 15.2. The van der Waals surface area contributed by atoms with Crippen molar-refractivity contribution in [3.8, 4) is 5.75 Å². The lowest BCUT2D eigenvalue weighted by Crippen LogP contribution is -2.45. The lowest BCUT2D eigenvalue weighted by atomic mass is 9.81. The summed E-state index contributed by atoms with van der Waals surface area (Å²) in [6.45, 7) is 0. The summed E-state index contributed by atoms with van der Waals surface area (Å²) >= 11 is 0. The molecule has 0 bridgehead atoms. The molecule has 1 aliphatic rings. The summed E-state index contributed by atoms with van der Waals surface area (Å²) in [5.74, 6) is 1.41. The Morgan fingerprint density at radius 1 is 1.30 bits per heavy atom. The molecule has 0 aromatic carbocycles. The Kier molecular flexibility index (Phi) is 4.47. The van der Waals surface area contributed by atoms with Crippen LogP contribution in [-0.2, 0) is 9.84 Å². The van der Waals surface area contributed by atoms with E-state index >= 15 is 0 Å². The first kappa shape index (κ1) is 17.7. The van der Waals surface area contributed by atoms with Gasteiger partial charge in [0.15, 0.2) is 9.84 Å². The molecule has 9 heteroatoms. The van der Waals surface area contributed by atoms with Crippen LogP contribution in [0.15, 0.2) is 41.9 Å². The van der Waals surface area contributed by atoms with Crippen molar-refractivity contribution in [2.75, 3.05) is 24.8 Å². The van der Waals surface area contributed by atoms with E-state index in [9.17, 15) is 8.42 Å². The molecule has 0 spiro atoms. The maximum atomic E-state index is 12.7. The third-order valence-electron chi connectivity index (χ3n) is 5.18. The highest BCUT2D eigenvalue weighted by molar-refractivity contribution is 7.91. The number of rotatable bonds is 6. The van der Waals surface area contributed by atoms with Crippen molar-refractivity contribution in [2.45, 2.75) is 23.8 Å². The van der Waals surface area contributed by atoms with E-state index in [0.29, 0.717) is 5.75 Å². The third kappa shape index (κ3) is 3.23. The smallest absolute Gasteiger partial charge is 0.183 e. The van der Waals surface area contributed by atoms with Crippen LogP contribution >= 0.6 is 0 Å². The topological polar surface area (TPSA) is 101 Å². The van der Waals surface area contributed by atoms with Gasteiger partial charge < -0.3 is 14.6 Å². The lowest BCUT2D eigenvalue weighted by Gasteiger charge is -2.41. The average molecular weight is 387 g/mol. The van der Waals surface area contributed by atoms with Crippen LogP contribution in [0.4, 0.5) is 5.82 Å². The molecule has 0 aliphatic heterocycles. The van der Waals surface area contributed by atoms with Crippen molar-refractivity contribution in [1.29, 1.82) is 0 Å². The molecule has 1 N–H and O–H groups in total. The van der Waals surface area contributed by atoms with Gasteiger partial charge >= 0.3 is 0 Å². The van der Waals surface area contributed by atoms with Crippen LogP contribution < -0.4 is 9.64 Å². The molecule has 3 aromatic heterocycles. The van der Waals surface area contributed by atoms with Gasteiger partial charge in [0, 0.05) is 31.7 Å². The molecule has 1 fully saturated rings.